The van der Waals surface area contributed by atoms with E-state index in [4.69, 9.17) is 0 Å². The average Bonchev–Trinajstić information content (AvgIpc) is 1.88. The Kier molecular flexibility index (Phi) is 4.51. The van der Waals surface area contributed by atoms with Gasteiger partial charge in [-0.15, -0.1) is 0 Å². The second-order valence-electron chi connectivity index (χ2n) is 2.71. The zero-order valence-electron chi connectivity index (χ0n) is 7.55. The summed E-state index contributed by atoms with van der Waals surface area (Å²) in [5, 5.41) is 0. The van der Waals surface area contributed by atoms with Gasteiger partial charge in [-0.05, 0) is 26.3 Å². The summed E-state index contributed by atoms with van der Waals surface area (Å²) in [4.78, 5) is 11.3. The SMILES string of the molecule is C=C(C)C(CC)C(=O)/C=C/C. The minimum Gasteiger partial charge on any atom is -0.294 e. The van der Waals surface area contributed by atoms with Crippen LogP contribution in [0.4, 0.5) is 0 Å². The summed E-state index contributed by atoms with van der Waals surface area (Å²) in [6.45, 7) is 9.52. The summed E-state index contributed by atoms with van der Waals surface area (Å²) in [7, 11) is 0. The lowest BCUT2D eigenvalue weighted by atomic mass is 9.94. The van der Waals surface area contributed by atoms with Gasteiger partial charge in [0.1, 0.15) is 0 Å². The van der Waals surface area contributed by atoms with E-state index in [1.54, 1.807) is 12.2 Å². The first-order valence-corrected chi connectivity index (χ1v) is 3.95. The largest absolute Gasteiger partial charge is 0.294 e. The average molecular weight is 152 g/mol. The molecule has 0 aromatic heterocycles. The van der Waals surface area contributed by atoms with Crippen LogP contribution in [0.15, 0.2) is 24.3 Å². The van der Waals surface area contributed by atoms with E-state index in [1.807, 2.05) is 20.8 Å². The summed E-state index contributed by atoms with van der Waals surface area (Å²) in [5.41, 5.74) is 0.954. The van der Waals surface area contributed by atoms with Crippen LogP contribution in [-0.2, 0) is 4.79 Å². The van der Waals surface area contributed by atoms with Gasteiger partial charge in [0.25, 0.3) is 0 Å². The summed E-state index contributed by atoms with van der Waals surface area (Å²) in [6, 6.07) is 0. The van der Waals surface area contributed by atoms with Crippen LogP contribution in [0.25, 0.3) is 0 Å². The smallest absolute Gasteiger partial charge is 0.162 e. The number of carbonyl (C=O) groups excluding carboxylic acids is 1. The molecule has 0 saturated heterocycles. The Morgan fingerprint density at radius 3 is 2.45 bits per heavy atom. The molecule has 0 fully saturated rings. The van der Waals surface area contributed by atoms with Crippen molar-refractivity contribution in [1.82, 2.24) is 0 Å². The molecule has 0 bridgehead atoms. The van der Waals surface area contributed by atoms with Gasteiger partial charge in [-0.1, -0.05) is 25.2 Å². The maximum Gasteiger partial charge on any atom is 0.162 e. The Hall–Kier alpha value is -0.850. The van der Waals surface area contributed by atoms with E-state index < -0.39 is 0 Å². The maximum absolute atomic E-state index is 11.3. The van der Waals surface area contributed by atoms with Gasteiger partial charge in [-0.25, -0.2) is 0 Å². The van der Waals surface area contributed by atoms with Gasteiger partial charge in [-0.2, -0.15) is 0 Å². The molecule has 0 aliphatic rings. The first-order valence-electron chi connectivity index (χ1n) is 3.95. The number of carbonyl (C=O) groups is 1. The monoisotopic (exact) mass is 152 g/mol. The predicted molar refractivity (Wildman–Crippen MR) is 48.4 cm³/mol. The van der Waals surface area contributed by atoms with Gasteiger partial charge in [0, 0.05) is 5.92 Å². The second kappa shape index (κ2) is 4.89. The van der Waals surface area contributed by atoms with E-state index in [0.29, 0.717) is 0 Å². The minimum absolute atomic E-state index is 0.0196. The quantitative estimate of drug-likeness (QED) is 0.447. The molecule has 0 spiro atoms. The van der Waals surface area contributed by atoms with Crippen molar-refractivity contribution in [3.05, 3.63) is 24.3 Å². The highest BCUT2D eigenvalue weighted by Crippen LogP contribution is 2.13. The van der Waals surface area contributed by atoms with Gasteiger partial charge in [0.2, 0.25) is 0 Å². The molecule has 0 saturated carbocycles. The van der Waals surface area contributed by atoms with Crippen molar-refractivity contribution in [3.63, 3.8) is 0 Å². The van der Waals surface area contributed by atoms with Crippen molar-refractivity contribution in [2.45, 2.75) is 27.2 Å². The fourth-order valence-electron chi connectivity index (χ4n) is 1.07. The number of hydrogen-bond acceptors (Lipinski definition) is 1. The van der Waals surface area contributed by atoms with Gasteiger partial charge in [0.05, 0.1) is 0 Å². The van der Waals surface area contributed by atoms with Crippen LogP contribution < -0.4 is 0 Å². The Bertz CT molecular complexity index is 177. The first-order chi connectivity index (χ1) is 5.13. The highest BCUT2D eigenvalue weighted by atomic mass is 16.1. The van der Waals surface area contributed by atoms with Crippen molar-refractivity contribution in [2.75, 3.05) is 0 Å². The van der Waals surface area contributed by atoms with Crippen LogP contribution >= 0.6 is 0 Å². The highest BCUT2D eigenvalue weighted by molar-refractivity contribution is 5.93. The van der Waals surface area contributed by atoms with Crippen LogP contribution in [-0.4, -0.2) is 5.78 Å². The molecule has 1 nitrogen and oxygen atoms in total. The molecule has 1 heteroatoms. The minimum atomic E-state index is 0.0196. The van der Waals surface area contributed by atoms with Crippen LogP contribution in [0.2, 0.25) is 0 Å². The Balaban J connectivity index is 4.26. The topological polar surface area (TPSA) is 17.1 Å². The third kappa shape index (κ3) is 3.17. The van der Waals surface area contributed by atoms with Crippen molar-refractivity contribution in [3.8, 4) is 0 Å². The number of ketones is 1. The zero-order chi connectivity index (χ0) is 8.85. The van der Waals surface area contributed by atoms with Crippen molar-refractivity contribution >= 4 is 5.78 Å². The molecule has 0 aliphatic heterocycles. The second-order valence-corrected chi connectivity index (χ2v) is 2.71. The van der Waals surface area contributed by atoms with E-state index in [0.717, 1.165) is 12.0 Å². The molecular formula is C10H16O. The molecule has 0 N–H and O–H groups in total. The predicted octanol–water partition coefficient (Wildman–Crippen LogP) is 2.73. The van der Waals surface area contributed by atoms with E-state index in [1.165, 1.54) is 0 Å². The van der Waals surface area contributed by atoms with Gasteiger partial charge in [0.15, 0.2) is 5.78 Å². The van der Waals surface area contributed by atoms with Crippen LogP contribution in [0.1, 0.15) is 27.2 Å². The van der Waals surface area contributed by atoms with Crippen LogP contribution in [0, 0.1) is 5.92 Å². The molecule has 0 aliphatic carbocycles. The molecule has 0 heterocycles. The maximum atomic E-state index is 11.3. The summed E-state index contributed by atoms with van der Waals surface area (Å²) >= 11 is 0. The van der Waals surface area contributed by atoms with Crippen molar-refractivity contribution in [2.24, 2.45) is 5.92 Å². The van der Waals surface area contributed by atoms with Crippen LogP contribution in [0.5, 0.6) is 0 Å². The van der Waals surface area contributed by atoms with E-state index in [-0.39, 0.29) is 11.7 Å². The fourth-order valence-corrected chi connectivity index (χ4v) is 1.07. The molecule has 1 unspecified atom stereocenters. The van der Waals surface area contributed by atoms with Gasteiger partial charge >= 0.3 is 0 Å². The number of hydrogen-bond donors (Lipinski definition) is 0. The summed E-state index contributed by atoms with van der Waals surface area (Å²) in [5.74, 6) is 0.189. The third-order valence-electron chi connectivity index (χ3n) is 1.68. The Morgan fingerprint density at radius 1 is 1.64 bits per heavy atom. The Morgan fingerprint density at radius 2 is 2.18 bits per heavy atom. The number of allylic oxidation sites excluding steroid dienone is 3. The van der Waals surface area contributed by atoms with E-state index in [2.05, 4.69) is 6.58 Å². The number of rotatable bonds is 4. The Labute approximate surface area is 68.8 Å². The molecule has 0 rings (SSSR count). The van der Waals surface area contributed by atoms with Crippen molar-refractivity contribution in [1.29, 1.82) is 0 Å². The van der Waals surface area contributed by atoms with Crippen molar-refractivity contribution < 1.29 is 4.79 Å². The summed E-state index contributed by atoms with van der Waals surface area (Å²) in [6.07, 6.45) is 4.23. The third-order valence-corrected chi connectivity index (χ3v) is 1.68. The van der Waals surface area contributed by atoms with Crippen LogP contribution in [0.3, 0.4) is 0 Å². The molecule has 0 aromatic carbocycles. The molecule has 62 valence electrons. The normalized spacial score (nSPS) is 13.4. The summed E-state index contributed by atoms with van der Waals surface area (Å²) < 4.78 is 0. The first kappa shape index (κ1) is 10.2. The van der Waals surface area contributed by atoms with Gasteiger partial charge < -0.3 is 0 Å². The van der Waals surface area contributed by atoms with E-state index >= 15 is 0 Å². The zero-order valence-corrected chi connectivity index (χ0v) is 7.55. The standard InChI is InChI=1S/C10H16O/c1-5-7-10(11)9(6-2)8(3)4/h5,7,9H,3,6H2,1-2,4H3/b7-5+. The lowest BCUT2D eigenvalue weighted by Crippen LogP contribution is -2.11. The lowest BCUT2D eigenvalue weighted by molar-refractivity contribution is -0.117. The molecule has 0 aromatic rings. The molecular weight excluding hydrogens is 136 g/mol. The molecule has 0 amide bonds. The highest BCUT2D eigenvalue weighted by Gasteiger charge is 2.12. The van der Waals surface area contributed by atoms with E-state index in [9.17, 15) is 4.79 Å². The molecule has 11 heavy (non-hydrogen) atoms. The molecule has 1 atom stereocenters. The van der Waals surface area contributed by atoms with Gasteiger partial charge in [-0.3, -0.25) is 4.79 Å². The molecule has 0 radical (unpaired) electrons. The lowest BCUT2D eigenvalue weighted by Gasteiger charge is -2.09. The fraction of sp³-hybridized carbons (Fsp3) is 0.500.